The van der Waals surface area contributed by atoms with Gasteiger partial charge in [-0.3, -0.25) is 14.9 Å². The first-order chi connectivity index (χ1) is 14.1. The van der Waals surface area contributed by atoms with Crippen LogP contribution < -0.4 is 10.1 Å². The standard InChI is InChI=1S/C23H16N2O4/c26-23(18-6-3-7-20(14-18)25(27)28)24-19-9-12-21(13-10-19)29-22-11-8-16-4-1-2-5-17(16)15-22/h1-15H,(H,24,26). The lowest BCUT2D eigenvalue weighted by Crippen LogP contribution is -2.11. The maximum atomic E-state index is 12.3. The number of anilines is 1. The lowest BCUT2D eigenvalue weighted by molar-refractivity contribution is -0.384. The Morgan fingerprint density at radius 2 is 1.52 bits per heavy atom. The monoisotopic (exact) mass is 384 g/mol. The molecule has 0 radical (unpaired) electrons. The van der Waals surface area contributed by atoms with E-state index in [1.807, 2.05) is 42.5 Å². The van der Waals surface area contributed by atoms with E-state index < -0.39 is 10.8 Å². The van der Waals surface area contributed by atoms with Gasteiger partial charge in [-0.15, -0.1) is 0 Å². The number of ether oxygens (including phenoxy) is 1. The van der Waals surface area contributed by atoms with Gasteiger partial charge in [0.1, 0.15) is 11.5 Å². The highest BCUT2D eigenvalue weighted by Crippen LogP contribution is 2.26. The van der Waals surface area contributed by atoms with Crippen molar-refractivity contribution in [1.29, 1.82) is 0 Å². The molecule has 0 unspecified atom stereocenters. The topological polar surface area (TPSA) is 81.5 Å². The second kappa shape index (κ2) is 7.82. The summed E-state index contributed by atoms with van der Waals surface area (Å²) < 4.78 is 5.89. The molecule has 142 valence electrons. The number of hydrogen-bond acceptors (Lipinski definition) is 4. The van der Waals surface area contributed by atoms with E-state index in [0.29, 0.717) is 11.4 Å². The number of amides is 1. The van der Waals surface area contributed by atoms with Crippen LogP contribution in [0.1, 0.15) is 10.4 Å². The minimum atomic E-state index is -0.532. The van der Waals surface area contributed by atoms with Crippen molar-refractivity contribution in [2.75, 3.05) is 5.32 Å². The number of carbonyl (C=O) groups is 1. The molecule has 0 aliphatic rings. The van der Waals surface area contributed by atoms with Crippen molar-refractivity contribution >= 4 is 28.1 Å². The third-order valence-electron chi connectivity index (χ3n) is 4.39. The number of nitro benzene ring substituents is 1. The summed E-state index contributed by atoms with van der Waals surface area (Å²) in [7, 11) is 0. The van der Waals surface area contributed by atoms with Gasteiger partial charge in [-0.25, -0.2) is 0 Å². The SMILES string of the molecule is O=C(Nc1ccc(Oc2ccc3ccccc3c2)cc1)c1cccc([N+](=O)[O-])c1. The number of benzene rings is 4. The summed E-state index contributed by atoms with van der Waals surface area (Å²) in [5, 5.41) is 15.8. The van der Waals surface area contributed by atoms with Crippen LogP contribution in [0.5, 0.6) is 11.5 Å². The van der Waals surface area contributed by atoms with Crippen LogP contribution in [0.2, 0.25) is 0 Å². The third-order valence-corrected chi connectivity index (χ3v) is 4.39. The number of fused-ring (bicyclic) bond motifs is 1. The van der Waals surface area contributed by atoms with Crippen molar-refractivity contribution < 1.29 is 14.5 Å². The molecule has 4 aromatic rings. The quantitative estimate of drug-likeness (QED) is 0.349. The smallest absolute Gasteiger partial charge is 0.270 e. The van der Waals surface area contributed by atoms with Gasteiger partial charge in [0.05, 0.1) is 4.92 Å². The van der Waals surface area contributed by atoms with Crippen LogP contribution in [0.3, 0.4) is 0 Å². The van der Waals surface area contributed by atoms with Crippen molar-refractivity contribution in [1.82, 2.24) is 0 Å². The van der Waals surface area contributed by atoms with E-state index in [1.54, 1.807) is 24.3 Å². The molecular formula is C23H16N2O4. The van der Waals surface area contributed by atoms with E-state index in [9.17, 15) is 14.9 Å². The molecule has 0 atom stereocenters. The van der Waals surface area contributed by atoms with Gasteiger partial charge < -0.3 is 10.1 Å². The summed E-state index contributed by atoms with van der Waals surface area (Å²) in [5.41, 5.74) is 0.653. The molecule has 4 rings (SSSR count). The summed E-state index contributed by atoms with van der Waals surface area (Å²) in [6.07, 6.45) is 0. The molecule has 4 aromatic carbocycles. The van der Waals surface area contributed by atoms with Crippen molar-refractivity contribution in [3.63, 3.8) is 0 Å². The van der Waals surface area contributed by atoms with Crippen molar-refractivity contribution in [2.45, 2.75) is 0 Å². The van der Waals surface area contributed by atoms with Crippen LogP contribution in [-0.2, 0) is 0 Å². The zero-order chi connectivity index (χ0) is 20.2. The first-order valence-corrected chi connectivity index (χ1v) is 8.91. The van der Waals surface area contributed by atoms with E-state index in [2.05, 4.69) is 5.32 Å². The number of nitrogens with zero attached hydrogens (tertiary/aromatic N) is 1. The van der Waals surface area contributed by atoms with E-state index in [4.69, 9.17) is 4.74 Å². The van der Waals surface area contributed by atoms with Gasteiger partial charge >= 0.3 is 0 Å². The minimum Gasteiger partial charge on any atom is -0.457 e. The molecule has 29 heavy (non-hydrogen) atoms. The highest BCUT2D eigenvalue weighted by Gasteiger charge is 2.11. The Bertz CT molecular complexity index is 1200. The van der Waals surface area contributed by atoms with Crippen molar-refractivity contribution in [3.05, 3.63) is 107 Å². The molecule has 6 nitrogen and oxygen atoms in total. The molecule has 0 spiro atoms. The first-order valence-electron chi connectivity index (χ1n) is 8.91. The molecule has 0 saturated carbocycles. The number of hydrogen-bond donors (Lipinski definition) is 1. The van der Waals surface area contributed by atoms with Gasteiger partial charge in [0, 0.05) is 23.4 Å². The zero-order valence-electron chi connectivity index (χ0n) is 15.2. The summed E-state index contributed by atoms with van der Waals surface area (Å²) in [4.78, 5) is 22.6. The lowest BCUT2D eigenvalue weighted by atomic mass is 10.1. The Morgan fingerprint density at radius 3 is 2.28 bits per heavy atom. The molecule has 0 saturated heterocycles. The van der Waals surface area contributed by atoms with Gasteiger partial charge in [-0.1, -0.05) is 36.4 Å². The number of nitrogens with one attached hydrogen (secondary N) is 1. The van der Waals surface area contributed by atoms with E-state index in [1.165, 1.54) is 24.3 Å². The van der Waals surface area contributed by atoms with Crippen LogP contribution in [0.15, 0.2) is 91.0 Å². The highest BCUT2D eigenvalue weighted by atomic mass is 16.6. The lowest BCUT2D eigenvalue weighted by Gasteiger charge is -2.09. The normalized spacial score (nSPS) is 10.5. The van der Waals surface area contributed by atoms with Gasteiger partial charge in [0.25, 0.3) is 11.6 Å². The van der Waals surface area contributed by atoms with Gasteiger partial charge in [-0.05, 0) is 53.2 Å². The van der Waals surface area contributed by atoms with Crippen LogP contribution in [0.4, 0.5) is 11.4 Å². The minimum absolute atomic E-state index is 0.128. The Hall–Kier alpha value is -4.19. The fourth-order valence-electron chi connectivity index (χ4n) is 2.94. The number of non-ortho nitro benzene ring substituents is 1. The molecule has 0 heterocycles. The highest BCUT2D eigenvalue weighted by molar-refractivity contribution is 6.04. The number of carbonyl (C=O) groups excluding carboxylic acids is 1. The second-order valence-corrected chi connectivity index (χ2v) is 6.40. The predicted molar refractivity (Wildman–Crippen MR) is 112 cm³/mol. The average Bonchev–Trinajstić information content (AvgIpc) is 2.75. The molecular weight excluding hydrogens is 368 g/mol. The molecule has 0 fully saturated rings. The van der Waals surface area contributed by atoms with E-state index in [0.717, 1.165) is 16.5 Å². The fourth-order valence-corrected chi connectivity index (χ4v) is 2.94. The van der Waals surface area contributed by atoms with E-state index >= 15 is 0 Å². The van der Waals surface area contributed by atoms with Crippen LogP contribution >= 0.6 is 0 Å². The summed E-state index contributed by atoms with van der Waals surface area (Å²) >= 11 is 0. The Kier molecular flexibility index (Phi) is 4.90. The van der Waals surface area contributed by atoms with E-state index in [-0.39, 0.29) is 11.3 Å². The number of nitro groups is 1. The third kappa shape index (κ3) is 4.22. The molecule has 0 aliphatic carbocycles. The Labute approximate surface area is 166 Å². The molecule has 1 N–H and O–H groups in total. The summed E-state index contributed by atoms with van der Waals surface area (Å²) in [5.74, 6) is 0.933. The van der Waals surface area contributed by atoms with Gasteiger partial charge in [0.2, 0.25) is 0 Å². The largest absolute Gasteiger partial charge is 0.457 e. The van der Waals surface area contributed by atoms with Crippen LogP contribution in [-0.4, -0.2) is 10.8 Å². The average molecular weight is 384 g/mol. The Morgan fingerprint density at radius 1 is 0.793 bits per heavy atom. The molecule has 0 aliphatic heterocycles. The van der Waals surface area contributed by atoms with Crippen LogP contribution in [0, 0.1) is 10.1 Å². The number of rotatable bonds is 5. The van der Waals surface area contributed by atoms with Gasteiger partial charge in [0.15, 0.2) is 0 Å². The first kappa shape index (κ1) is 18.2. The molecule has 6 heteroatoms. The molecule has 0 bridgehead atoms. The Balaban J connectivity index is 1.45. The predicted octanol–water partition coefficient (Wildman–Crippen LogP) is 5.79. The molecule has 1 amide bonds. The summed E-state index contributed by atoms with van der Waals surface area (Å²) in [6, 6.07) is 26.4. The van der Waals surface area contributed by atoms with Crippen molar-refractivity contribution in [3.8, 4) is 11.5 Å². The zero-order valence-corrected chi connectivity index (χ0v) is 15.2. The summed E-state index contributed by atoms with van der Waals surface area (Å²) in [6.45, 7) is 0. The maximum absolute atomic E-state index is 12.3. The van der Waals surface area contributed by atoms with Crippen molar-refractivity contribution in [2.24, 2.45) is 0 Å². The maximum Gasteiger partial charge on any atom is 0.270 e. The molecule has 0 aromatic heterocycles. The van der Waals surface area contributed by atoms with Crippen LogP contribution in [0.25, 0.3) is 10.8 Å². The fraction of sp³-hybridized carbons (Fsp3) is 0. The second-order valence-electron chi connectivity index (χ2n) is 6.40. The van der Waals surface area contributed by atoms with Gasteiger partial charge in [-0.2, -0.15) is 0 Å².